The minimum Gasteiger partial charge on any atom is -0.392 e. The fourth-order valence-corrected chi connectivity index (χ4v) is 1.93. The molecule has 0 bridgehead atoms. The van der Waals surface area contributed by atoms with Crippen LogP contribution in [0.15, 0.2) is 41.4 Å². The Labute approximate surface area is 128 Å². The lowest BCUT2D eigenvalue weighted by atomic mass is 10.2. The van der Waals surface area contributed by atoms with E-state index in [0.717, 1.165) is 12.0 Å². The second-order valence-corrected chi connectivity index (χ2v) is 5.11. The topological polar surface area (TPSA) is 71.2 Å². The zero-order chi connectivity index (χ0) is 15.1. The van der Waals surface area contributed by atoms with Gasteiger partial charge in [0.1, 0.15) is 0 Å². The number of aliphatic hydroxyl groups excluding tert-OH is 1. The van der Waals surface area contributed by atoms with E-state index in [4.69, 9.17) is 16.1 Å². The van der Waals surface area contributed by atoms with E-state index in [0.29, 0.717) is 36.2 Å². The molecule has 112 valence electrons. The maximum absolute atomic E-state index is 9.68. The molecule has 1 aromatic carbocycles. The molecular formula is C15H18ClN3O2. The molecule has 0 saturated heterocycles. The monoisotopic (exact) mass is 307 g/mol. The first-order valence-corrected chi connectivity index (χ1v) is 7.15. The summed E-state index contributed by atoms with van der Waals surface area (Å²) in [7, 11) is 0. The average molecular weight is 308 g/mol. The number of rotatable bonds is 8. The molecule has 2 rings (SSSR count). The molecule has 0 amide bonds. The van der Waals surface area contributed by atoms with E-state index in [1.807, 2.05) is 12.1 Å². The second kappa shape index (κ2) is 7.93. The molecule has 1 atom stereocenters. The molecule has 2 aromatic rings. The van der Waals surface area contributed by atoms with Crippen LogP contribution in [0, 0.1) is 0 Å². The molecule has 0 radical (unpaired) electrons. The molecule has 6 heteroatoms. The fourth-order valence-electron chi connectivity index (χ4n) is 1.80. The first-order chi connectivity index (χ1) is 10.2. The van der Waals surface area contributed by atoms with Crippen molar-refractivity contribution in [3.63, 3.8) is 0 Å². The molecular weight excluding hydrogens is 290 g/mol. The maximum Gasteiger partial charge on any atom is 0.240 e. The summed E-state index contributed by atoms with van der Waals surface area (Å²) >= 11 is 5.83. The molecule has 1 aromatic heterocycles. The zero-order valence-electron chi connectivity index (χ0n) is 11.6. The molecule has 2 N–H and O–H groups in total. The van der Waals surface area contributed by atoms with Gasteiger partial charge in [-0.05, 0) is 37.1 Å². The predicted octanol–water partition coefficient (Wildman–Crippen LogP) is 2.81. The van der Waals surface area contributed by atoms with Gasteiger partial charge in [0.2, 0.25) is 11.7 Å². The predicted molar refractivity (Wildman–Crippen MR) is 81.9 cm³/mol. The maximum atomic E-state index is 9.68. The van der Waals surface area contributed by atoms with Crippen LogP contribution in [0.2, 0.25) is 5.02 Å². The number of aromatic nitrogens is 2. The van der Waals surface area contributed by atoms with Crippen molar-refractivity contribution < 1.29 is 9.63 Å². The van der Waals surface area contributed by atoms with Gasteiger partial charge in [-0.1, -0.05) is 22.8 Å². The summed E-state index contributed by atoms with van der Waals surface area (Å²) in [5.41, 5.74) is 0.848. The number of hydrogen-bond donors (Lipinski definition) is 2. The van der Waals surface area contributed by atoms with Gasteiger partial charge in [-0.25, -0.2) is 0 Å². The van der Waals surface area contributed by atoms with E-state index in [2.05, 4.69) is 22.0 Å². The molecule has 21 heavy (non-hydrogen) atoms. The van der Waals surface area contributed by atoms with Crippen LogP contribution in [0.1, 0.15) is 18.7 Å². The summed E-state index contributed by atoms with van der Waals surface area (Å²) < 4.78 is 5.16. The average Bonchev–Trinajstić information content (AvgIpc) is 2.95. The van der Waals surface area contributed by atoms with Gasteiger partial charge in [-0.15, -0.1) is 6.58 Å². The summed E-state index contributed by atoms with van der Waals surface area (Å²) in [6.07, 6.45) is 2.88. The lowest BCUT2D eigenvalue weighted by Gasteiger charge is -2.08. The Morgan fingerprint density at radius 1 is 1.38 bits per heavy atom. The van der Waals surface area contributed by atoms with Crippen LogP contribution in [0.3, 0.4) is 0 Å². The molecule has 0 spiro atoms. The van der Waals surface area contributed by atoms with Crippen LogP contribution in [-0.4, -0.2) is 27.9 Å². The summed E-state index contributed by atoms with van der Waals surface area (Å²) in [5, 5.41) is 17.3. The summed E-state index contributed by atoms with van der Waals surface area (Å²) in [6, 6.07) is 7.23. The van der Waals surface area contributed by atoms with Crippen molar-refractivity contribution in [3.05, 3.63) is 47.8 Å². The van der Waals surface area contributed by atoms with Gasteiger partial charge in [-0.3, -0.25) is 0 Å². The molecule has 0 fully saturated rings. The van der Waals surface area contributed by atoms with E-state index in [1.54, 1.807) is 18.2 Å². The van der Waals surface area contributed by atoms with Crippen LogP contribution in [0.25, 0.3) is 11.4 Å². The number of aliphatic hydroxyl groups is 1. The Hall–Kier alpha value is -1.69. The van der Waals surface area contributed by atoms with Crippen LogP contribution in [0.4, 0.5) is 0 Å². The number of nitrogens with one attached hydrogen (secondary N) is 1. The van der Waals surface area contributed by atoms with E-state index >= 15 is 0 Å². The molecule has 0 saturated carbocycles. The van der Waals surface area contributed by atoms with Crippen LogP contribution in [0.5, 0.6) is 0 Å². The number of allylic oxidation sites excluding steroid dienone is 1. The summed E-state index contributed by atoms with van der Waals surface area (Å²) in [4.78, 5) is 4.29. The number of nitrogens with zero attached hydrogens (tertiary/aromatic N) is 2. The van der Waals surface area contributed by atoms with Gasteiger partial charge >= 0.3 is 0 Å². The highest BCUT2D eigenvalue weighted by atomic mass is 35.5. The van der Waals surface area contributed by atoms with Gasteiger partial charge in [0, 0.05) is 17.1 Å². The molecule has 0 aliphatic carbocycles. The van der Waals surface area contributed by atoms with Gasteiger partial charge in [0.05, 0.1) is 12.6 Å². The lowest BCUT2D eigenvalue weighted by molar-refractivity contribution is 0.161. The molecule has 1 heterocycles. The van der Waals surface area contributed by atoms with Gasteiger partial charge in [0.25, 0.3) is 0 Å². The fraction of sp³-hybridized carbons (Fsp3) is 0.333. The summed E-state index contributed by atoms with van der Waals surface area (Å²) in [5.74, 6) is 1.01. The SMILES string of the molecule is C=CCC[C@@H](O)CNCc1nc(-c2ccc(Cl)cc2)no1. The van der Waals surface area contributed by atoms with Crippen molar-refractivity contribution in [2.75, 3.05) is 6.54 Å². The van der Waals surface area contributed by atoms with Crippen LogP contribution in [-0.2, 0) is 6.54 Å². The quantitative estimate of drug-likeness (QED) is 0.734. The third-order valence-corrected chi connectivity index (χ3v) is 3.18. The zero-order valence-corrected chi connectivity index (χ0v) is 12.4. The highest BCUT2D eigenvalue weighted by Gasteiger charge is 2.09. The van der Waals surface area contributed by atoms with Crippen molar-refractivity contribution in [1.29, 1.82) is 0 Å². The van der Waals surface area contributed by atoms with Crippen molar-refractivity contribution in [1.82, 2.24) is 15.5 Å². The molecule has 0 aliphatic heterocycles. The van der Waals surface area contributed by atoms with E-state index in [1.165, 1.54) is 0 Å². The number of hydrogen-bond acceptors (Lipinski definition) is 5. The highest BCUT2D eigenvalue weighted by Crippen LogP contribution is 2.18. The number of halogens is 1. The van der Waals surface area contributed by atoms with E-state index in [-0.39, 0.29) is 0 Å². The Morgan fingerprint density at radius 3 is 2.86 bits per heavy atom. The van der Waals surface area contributed by atoms with Crippen LogP contribution >= 0.6 is 11.6 Å². The Balaban J connectivity index is 1.83. The van der Waals surface area contributed by atoms with Gasteiger partial charge < -0.3 is 14.9 Å². The normalized spacial score (nSPS) is 12.3. The van der Waals surface area contributed by atoms with E-state index < -0.39 is 6.10 Å². The third kappa shape index (κ3) is 4.97. The first kappa shape index (κ1) is 15.7. The minimum absolute atomic E-state index is 0.401. The molecule has 5 nitrogen and oxygen atoms in total. The third-order valence-electron chi connectivity index (χ3n) is 2.93. The van der Waals surface area contributed by atoms with Gasteiger partial charge in [-0.2, -0.15) is 4.98 Å². The molecule has 0 unspecified atom stereocenters. The summed E-state index contributed by atoms with van der Waals surface area (Å²) in [6.45, 7) is 4.53. The second-order valence-electron chi connectivity index (χ2n) is 4.67. The van der Waals surface area contributed by atoms with Gasteiger partial charge in [0.15, 0.2) is 0 Å². The van der Waals surface area contributed by atoms with Crippen molar-refractivity contribution in [3.8, 4) is 11.4 Å². The van der Waals surface area contributed by atoms with E-state index in [9.17, 15) is 5.11 Å². The van der Waals surface area contributed by atoms with Crippen LogP contribution < -0.4 is 5.32 Å². The minimum atomic E-state index is -0.401. The van der Waals surface area contributed by atoms with Crippen molar-refractivity contribution in [2.24, 2.45) is 0 Å². The smallest absolute Gasteiger partial charge is 0.240 e. The molecule has 0 aliphatic rings. The first-order valence-electron chi connectivity index (χ1n) is 6.77. The Kier molecular flexibility index (Phi) is 5.92. The largest absolute Gasteiger partial charge is 0.392 e. The highest BCUT2D eigenvalue weighted by molar-refractivity contribution is 6.30. The Bertz CT molecular complexity index is 569. The Morgan fingerprint density at radius 2 is 2.14 bits per heavy atom. The lowest BCUT2D eigenvalue weighted by Crippen LogP contribution is -2.26. The van der Waals surface area contributed by atoms with Crippen molar-refractivity contribution >= 4 is 11.6 Å². The van der Waals surface area contributed by atoms with Crippen molar-refractivity contribution in [2.45, 2.75) is 25.5 Å². The standard InChI is InChI=1S/C15H18ClN3O2/c1-2-3-4-13(20)9-17-10-14-18-15(19-21-14)11-5-7-12(16)8-6-11/h2,5-8,13,17,20H,1,3-4,9-10H2/t13-/m1/s1. The number of benzene rings is 1.